The van der Waals surface area contributed by atoms with E-state index in [1.54, 1.807) is 11.1 Å². The molecule has 2 aromatic rings. The van der Waals surface area contributed by atoms with Crippen molar-refractivity contribution in [2.24, 2.45) is 0 Å². The van der Waals surface area contributed by atoms with Crippen molar-refractivity contribution in [1.82, 2.24) is 9.80 Å². The first-order valence-electron chi connectivity index (χ1n) is 11.9. The lowest BCUT2D eigenvalue weighted by atomic mass is 9.77. The van der Waals surface area contributed by atoms with Crippen LogP contribution in [0.2, 0.25) is 0 Å². The van der Waals surface area contributed by atoms with Gasteiger partial charge in [0.2, 0.25) is 0 Å². The van der Waals surface area contributed by atoms with Crippen molar-refractivity contribution >= 4 is 17.5 Å². The van der Waals surface area contributed by atoms with Crippen LogP contribution in [0.4, 0.5) is 11.4 Å². The van der Waals surface area contributed by atoms with Crippen LogP contribution in [0.25, 0.3) is 6.08 Å². The zero-order valence-corrected chi connectivity index (χ0v) is 18.8. The zero-order chi connectivity index (χ0) is 21.3. The van der Waals surface area contributed by atoms with E-state index in [4.69, 9.17) is 11.5 Å². The SMILES string of the molecule is CN1Cc2c(C3CCC4c5c(cc(N)cc5CN4C)C3)c(N)cc3c2C(CCC=C3)C1. The second-order valence-electron chi connectivity index (χ2n) is 10.4. The van der Waals surface area contributed by atoms with E-state index in [1.807, 2.05) is 0 Å². The van der Waals surface area contributed by atoms with Crippen LogP contribution in [0.5, 0.6) is 0 Å². The topological polar surface area (TPSA) is 58.5 Å². The van der Waals surface area contributed by atoms with E-state index >= 15 is 0 Å². The Morgan fingerprint density at radius 3 is 2.58 bits per heavy atom. The Morgan fingerprint density at radius 2 is 1.71 bits per heavy atom. The lowest BCUT2D eigenvalue weighted by Crippen LogP contribution is -2.32. The van der Waals surface area contributed by atoms with E-state index in [2.05, 4.69) is 54.2 Å². The quantitative estimate of drug-likeness (QED) is 0.659. The highest BCUT2D eigenvalue weighted by Gasteiger charge is 2.37. The molecule has 4 aliphatic rings. The molecule has 0 spiro atoms. The van der Waals surface area contributed by atoms with Gasteiger partial charge in [-0.15, -0.1) is 0 Å². The van der Waals surface area contributed by atoms with Crippen LogP contribution in [0.1, 0.15) is 82.5 Å². The van der Waals surface area contributed by atoms with Gasteiger partial charge in [0.05, 0.1) is 0 Å². The van der Waals surface area contributed by atoms with Crippen molar-refractivity contribution in [3.05, 3.63) is 63.2 Å². The highest BCUT2D eigenvalue weighted by atomic mass is 15.1. The molecule has 31 heavy (non-hydrogen) atoms. The number of hydrogen-bond donors (Lipinski definition) is 2. The van der Waals surface area contributed by atoms with Crippen molar-refractivity contribution in [3.63, 3.8) is 0 Å². The summed E-state index contributed by atoms with van der Waals surface area (Å²) in [5, 5.41) is 0. The van der Waals surface area contributed by atoms with Crippen LogP contribution in [0, 0.1) is 0 Å². The third-order valence-corrected chi connectivity index (χ3v) is 8.25. The minimum Gasteiger partial charge on any atom is -0.399 e. The van der Waals surface area contributed by atoms with Gasteiger partial charge in [-0.3, -0.25) is 4.90 Å². The summed E-state index contributed by atoms with van der Waals surface area (Å²) in [6, 6.07) is 7.24. The van der Waals surface area contributed by atoms with Crippen molar-refractivity contribution in [1.29, 1.82) is 0 Å². The fraction of sp³-hybridized carbons (Fsp3) is 0.481. The van der Waals surface area contributed by atoms with Gasteiger partial charge in [-0.25, -0.2) is 0 Å². The summed E-state index contributed by atoms with van der Waals surface area (Å²) in [5.74, 6) is 1.08. The summed E-state index contributed by atoms with van der Waals surface area (Å²) in [6.07, 6.45) is 10.5. The van der Waals surface area contributed by atoms with Gasteiger partial charge in [-0.1, -0.05) is 12.2 Å². The van der Waals surface area contributed by atoms with Gasteiger partial charge >= 0.3 is 0 Å². The minimum absolute atomic E-state index is 0.463. The van der Waals surface area contributed by atoms with Gasteiger partial charge in [0.1, 0.15) is 0 Å². The van der Waals surface area contributed by atoms with Crippen LogP contribution in [0.15, 0.2) is 24.3 Å². The van der Waals surface area contributed by atoms with Crippen LogP contribution >= 0.6 is 0 Å². The standard InChI is InChI=1S/C27H34N4/c1-30-13-18-6-4-3-5-16-12-23(29)27(22(15-30)25(16)18)17-7-8-24-26-19(9-17)10-21(28)11-20(26)14-31(24)2/h3,5,10-12,17-18,24H,4,6-9,13-15,28-29H2,1-2H3. The summed E-state index contributed by atoms with van der Waals surface area (Å²) in [5.41, 5.74) is 25.4. The van der Waals surface area contributed by atoms with Gasteiger partial charge in [-0.2, -0.15) is 0 Å². The average Bonchev–Trinajstić information content (AvgIpc) is 2.84. The molecular formula is C27H34N4. The van der Waals surface area contributed by atoms with E-state index in [9.17, 15) is 0 Å². The largest absolute Gasteiger partial charge is 0.399 e. The number of likely N-dealkylation sites (N-methyl/N-ethyl adjacent to an activating group) is 1. The molecule has 6 rings (SSSR count). The maximum Gasteiger partial charge on any atom is 0.0359 e. The summed E-state index contributed by atoms with van der Waals surface area (Å²) in [6.45, 7) is 3.20. The molecule has 0 bridgehead atoms. The molecule has 4 nitrogen and oxygen atoms in total. The maximum atomic E-state index is 6.84. The predicted molar refractivity (Wildman–Crippen MR) is 129 cm³/mol. The molecule has 2 heterocycles. The second kappa shape index (κ2) is 7.11. The maximum absolute atomic E-state index is 6.84. The molecule has 0 radical (unpaired) electrons. The molecule has 0 saturated carbocycles. The first-order valence-corrected chi connectivity index (χ1v) is 11.9. The molecule has 0 amide bonds. The first-order chi connectivity index (χ1) is 15.0. The fourth-order valence-corrected chi connectivity index (χ4v) is 7.10. The number of anilines is 2. The number of allylic oxidation sites excluding steroid dienone is 1. The Kier molecular flexibility index (Phi) is 4.45. The number of nitrogens with two attached hydrogens (primary N) is 2. The fourth-order valence-electron chi connectivity index (χ4n) is 7.10. The number of rotatable bonds is 1. The first kappa shape index (κ1) is 19.4. The molecule has 4 N–H and O–H groups in total. The summed E-state index contributed by atoms with van der Waals surface area (Å²) < 4.78 is 0. The zero-order valence-electron chi connectivity index (χ0n) is 18.8. The van der Waals surface area contributed by atoms with Crippen LogP contribution in [0.3, 0.4) is 0 Å². The molecule has 3 unspecified atom stereocenters. The average molecular weight is 415 g/mol. The van der Waals surface area contributed by atoms with Crippen molar-refractivity contribution in [3.8, 4) is 0 Å². The Bertz CT molecular complexity index is 1090. The minimum atomic E-state index is 0.463. The van der Waals surface area contributed by atoms with Gasteiger partial charge in [0, 0.05) is 37.1 Å². The molecular weight excluding hydrogens is 380 g/mol. The summed E-state index contributed by atoms with van der Waals surface area (Å²) >= 11 is 0. The Labute approximate surface area is 185 Å². The molecule has 162 valence electrons. The van der Waals surface area contributed by atoms with Crippen LogP contribution in [-0.2, 0) is 19.5 Å². The van der Waals surface area contributed by atoms with E-state index in [1.165, 1.54) is 47.1 Å². The molecule has 3 atom stereocenters. The highest BCUT2D eigenvalue weighted by molar-refractivity contribution is 5.69. The number of hydrogen-bond acceptors (Lipinski definition) is 4. The van der Waals surface area contributed by atoms with E-state index in [0.717, 1.165) is 43.9 Å². The molecule has 2 aromatic carbocycles. The van der Waals surface area contributed by atoms with E-state index in [0.29, 0.717) is 17.9 Å². The second-order valence-corrected chi connectivity index (χ2v) is 10.4. The Balaban J connectivity index is 1.49. The summed E-state index contributed by atoms with van der Waals surface area (Å²) in [4.78, 5) is 5.01. The molecule has 4 heteroatoms. The van der Waals surface area contributed by atoms with Crippen molar-refractivity contribution < 1.29 is 0 Å². The number of benzene rings is 2. The van der Waals surface area contributed by atoms with Gasteiger partial charge in [0.25, 0.3) is 0 Å². The third kappa shape index (κ3) is 3.03. The lowest BCUT2D eigenvalue weighted by molar-refractivity contribution is 0.250. The van der Waals surface area contributed by atoms with Crippen molar-refractivity contribution in [2.45, 2.75) is 63.1 Å². The molecule has 2 aliphatic heterocycles. The normalized spacial score (nSPS) is 27.5. The monoisotopic (exact) mass is 414 g/mol. The molecule has 0 saturated heterocycles. The molecule has 2 aliphatic carbocycles. The van der Waals surface area contributed by atoms with Crippen LogP contribution < -0.4 is 11.5 Å². The van der Waals surface area contributed by atoms with Gasteiger partial charge in [0.15, 0.2) is 0 Å². The Hall–Kier alpha value is -2.30. The van der Waals surface area contributed by atoms with E-state index in [-0.39, 0.29) is 0 Å². The number of nitrogen functional groups attached to an aromatic ring is 2. The predicted octanol–water partition coefficient (Wildman–Crippen LogP) is 4.79. The highest BCUT2D eigenvalue weighted by Crippen LogP contribution is 2.49. The van der Waals surface area contributed by atoms with E-state index < -0.39 is 0 Å². The molecule has 0 aromatic heterocycles. The molecule has 0 fully saturated rings. The van der Waals surface area contributed by atoms with Crippen molar-refractivity contribution in [2.75, 3.05) is 32.1 Å². The Morgan fingerprint density at radius 1 is 0.871 bits per heavy atom. The third-order valence-electron chi connectivity index (χ3n) is 8.25. The van der Waals surface area contributed by atoms with Gasteiger partial charge < -0.3 is 16.4 Å². The van der Waals surface area contributed by atoms with Crippen LogP contribution in [-0.4, -0.2) is 30.4 Å². The number of nitrogens with zero attached hydrogens (tertiary/aromatic N) is 2. The van der Waals surface area contributed by atoms with Gasteiger partial charge in [-0.05, 0) is 115 Å². The lowest BCUT2D eigenvalue weighted by Gasteiger charge is -2.36. The smallest absolute Gasteiger partial charge is 0.0359 e. The summed E-state index contributed by atoms with van der Waals surface area (Å²) in [7, 11) is 4.53.